The maximum absolute atomic E-state index is 13.2. The third kappa shape index (κ3) is 17.3. The van der Waals surface area contributed by atoms with Crippen molar-refractivity contribution in [3.8, 4) is 23.0 Å². The standard InChI is InChI=1S/C66H62N6O10/c1-45(2)63(73)79-43-15-7-5-13-41-77-53-33-21-47(22-34-53)65(75)81-61-39-37-59(55-17-9-11-19-57(55)61)71-69-51-29-25-49(26-30-51)67-68-50-27-31-52(32-28-50)70-72-60-38-40-62(58-20-12-10-18-56(58)60)82-66(76)48-23-35-54(36-24-48)78-42-14-6-8-16-44-80-64(74)46(3)4/h9-12,17-40H,1,3,5-8,13-16,41-44H2,2,4H3. The van der Waals surface area contributed by atoms with E-state index in [1.54, 1.807) is 135 Å². The molecule has 0 fully saturated rings. The van der Waals surface area contributed by atoms with Crippen LogP contribution >= 0.6 is 0 Å². The number of hydrogen-bond donors (Lipinski definition) is 0. The molecule has 8 aromatic carbocycles. The van der Waals surface area contributed by atoms with Gasteiger partial charge in [0.25, 0.3) is 0 Å². The summed E-state index contributed by atoms with van der Waals surface area (Å²) >= 11 is 0. The number of esters is 4. The van der Waals surface area contributed by atoms with E-state index < -0.39 is 11.9 Å². The molecule has 0 unspecified atom stereocenters. The second kappa shape index (κ2) is 29.9. The summed E-state index contributed by atoms with van der Waals surface area (Å²) < 4.78 is 33.7. The molecule has 0 saturated heterocycles. The molecule has 0 N–H and O–H groups in total. The van der Waals surface area contributed by atoms with Crippen molar-refractivity contribution in [2.45, 2.75) is 65.2 Å². The lowest BCUT2D eigenvalue weighted by Crippen LogP contribution is -2.08. The molecule has 0 amide bonds. The maximum atomic E-state index is 13.2. The molecule has 8 rings (SSSR count). The number of carbonyl (C=O) groups is 4. The number of rotatable bonds is 28. The van der Waals surface area contributed by atoms with Crippen LogP contribution in [0.2, 0.25) is 0 Å². The van der Waals surface area contributed by atoms with Crippen LogP contribution in [0, 0.1) is 0 Å². The van der Waals surface area contributed by atoms with Crippen molar-refractivity contribution in [3.05, 3.63) is 205 Å². The first-order chi connectivity index (χ1) is 40.0. The maximum Gasteiger partial charge on any atom is 0.343 e. The van der Waals surface area contributed by atoms with Crippen LogP contribution in [0.15, 0.2) is 225 Å². The van der Waals surface area contributed by atoms with Gasteiger partial charge in [0.1, 0.15) is 23.0 Å². The van der Waals surface area contributed by atoms with Crippen LogP contribution in [0.4, 0.5) is 34.1 Å². The Morgan fingerprint density at radius 1 is 0.354 bits per heavy atom. The fourth-order valence-corrected chi connectivity index (χ4v) is 8.14. The van der Waals surface area contributed by atoms with Crippen molar-refractivity contribution < 1.29 is 47.6 Å². The number of carbonyl (C=O) groups excluding carboxylic acids is 4. The van der Waals surface area contributed by atoms with Crippen LogP contribution in [-0.2, 0) is 19.1 Å². The molecule has 0 aliphatic heterocycles. The minimum atomic E-state index is -0.502. The molecule has 16 heteroatoms. The van der Waals surface area contributed by atoms with Crippen LogP contribution < -0.4 is 18.9 Å². The Morgan fingerprint density at radius 2 is 0.671 bits per heavy atom. The number of benzene rings is 8. The molecule has 416 valence electrons. The van der Waals surface area contributed by atoms with Gasteiger partial charge in [-0.1, -0.05) is 61.7 Å². The molecule has 82 heavy (non-hydrogen) atoms. The van der Waals surface area contributed by atoms with Crippen molar-refractivity contribution in [1.29, 1.82) is 0 Å². The molecule has 0 aliphatic rings. The highest BCUT2D eigenvalue weighted by molar-refractivity contribution is 6.01. The van der Waals surface area contributed by atoms with Crippen molar-refractivity contribution in [2.24, 2.45) is 30.7 Å². The Kier molecular flexibility index (Phi) is 21.2. The first-order valence-corrected chi connectivity index (χ1v) is 27.0. The first-order valence-electron chi connectivity index (χ1n) is 27.0. The van der Waals surface area contributed by atoms with Crippen molar-refractivity contribution >= 4 is 79.5 Å². The van der Waals surface area contributed by atoms with E-state index in [0.29, 0.717) is 117 Å². The van der Waals surface area contributed by atoms with Gasteiger partial charge in [-0.25, -0.2) is 19.2 Å². The molecular weight excluding hydrogens is 1040 g/mol. The number of ether oxygens (including phenoxy) is 6. The van der Waals surface area contributed by atoms with E-state index in [4.69, 9.17) is 28.4 Å². The van der Waals surface area contributed by atoms with Crippen LogP contribution in [0.25, 0.3) is 21.5 Å². The molecule has 8 aromatic rings. The fourth-order valence-electron chi connectivity index (χ4n) is 8.14. The van der Waals surface area contributed by atoms with E-state index in [2.05, 4.69) is 43.8 Å². The van der Waals surface area contributed by atoms with Gasteiger partial charge in [-0.2, -0.15) is 20.5 Å². The highest BCUT2D eigenvalue weighted by Gasteiger charge is 2.16. The predicted octanol–water partition coefficient (Wildman–Crippen LogP) is 17.8. The molecule has 0 spiro atoms. The van der Waals surface area contributed by atoms with Gasteiger partial charge in [0, 0.05) is 32.7 Å². The van der Waals surface area contributed by atoms with Gasteiger partial charge in [0.15, 0.2) is 0 Å². The van der Waals surface area contributed by atoms with E-state index in [9.17, 15) is 19.2 Å². The lowest BCUT2D eigenvalue weighted by molar-refractivity contribution is -0.139. The van der Waals surface area contributed by atoms with E-state index in [0.717, 1.165) is 62.1 Å². The quantitative estimate of drug-likeness (QED) is 0.0149. The Balaban J connectivity index is 0.783. The summed E-state index contributed by atoms with van der Waals surface area (Å²) in [5.41, 5.74) is 5.21. The molecule has 0 radical (unpaired) electrons. The van der Waals surface area contributed by atoms with Crippen molar-refractivity contribution in [3.63, 3.8) is 0 Å². The van der Waals surface area contributed by atoms with Crippen molar-refractivity contribution in [2.75, 3.05) is 26.4 Å². The minimum absolute atomic E-state index is 0.362. The van der Waals surface area contributed by atoms with Crippen molar-refractivity contribution in [1.82, 2.24) is 0 Å². The molecule has 0 bridgehead atoms. The molecule has 0 atom stereocenters. The third-order valence-corrected chi connectivity index (χ3v) is 12.6. The Hall–Kier alpha value is -9.96. The van der Waals surface area contributed by atoms with Gasteiger partial charge in [0.2, 0.25) is 0 Å². The van der Waals surface area contributed by atoms with Crippen LogP contribution in [-0.4, -0.2) is 50.3 Å². The second-order valence-corrected chi connectivity index (χ2v) is 19.1. The van der Waals surface area contributed by atoms with Gasteiger partial charge in [-0.05, 0) is 187 Å². The van der Waals surface area contributed by atoms with Gasteiger partial charge in [-0.15, -0.1) is 10.2 Å². The largest absolute Gasteiger partial charge is 0.494 e. The summed E-state index contributed by atoms with van der Waals surface area (Å²) in [6, 6.07) is 50.1. The summed E-state index contributed by atoms with van der Waals surface area (Å²) in [6.07, 6.45) is 6.97. The number of unbranched alkanes of at least 4 members (excludes halogenated alkanes) is 6. The average molecular weight is 1100 g/mol. The fraction of sp³-hybridized carbons (Fsp3) is 0.212. The first kappa shape index (κ1) is 58.2. The topological polar surface area (TPSA) is 198 Å². The number of nitrogens with zero attached hydrogens (tertiary/aromatic N) is 6. The monoisotopic (exact) mass is 1100 g/mol. The zero-order chi connectivity index (χ0) is 57.5. The highest BCUT2D eigenvalue weighted by Crippen LogP contribution is 2.37. The van der Waals surface area contributed by atoms with E-state index in [-0.39, 0.29) is 11.9 Å². The summed E-state index contributed by atoms with van der Waals surface area (Å²) in [5, 5.41) is 29.7. The lowest BCUT2D eigenvalue weighted by atomic mass is 10.1. The van der Waals surface area contributed by atoms with Gasteiger partial charge >= 0.3 is 23.9 Å². The van der Waals surface area contributed by atoms with Crippen LogP contribution in [0.5, 0.6) is 23.0 Å². The Labute approximate surface area is 475 Å². The minimum Gasteiger partial charge on any atom is -0.494 e. The molecular formula is C66H62N6O10. The van der Waals surface area contributed by atoms with E-state index in [1.165, 1.54) is 0 Å². The highest BCUT2D eigenvalue weighted by atomic mass is 16.5. The average Bonchev–Trinajstić information content (AvgIpc) is 3.63. The van der Waals surface area contributed by atoms with Gasteiger partial charge in [0.05, 0.1) is 71.7 Å². The number of hydrogen-bond acceptors (Lipinski definition) is 16. The van der Waals surface area contributed by atoms with Gasteiger partial charge < -0.3 is 28.4 Å². The molecule has 16 nitrogen and oxygen atoms in total. The summed E-state index contributed by atoms with van der Waals surface area (Å²) in [6.45, 7) is 12.2. The Bertz CT molecular complexity index is 3380. The predicted molar refractivity (Wildman–Crippen MR) is 316 cm³/mol. The number of fused-ring (bicyclic) bond motifs is 2. The SMILES string of the molecule is C=C(C)C(=O)OCCCCCCOc1ccc(C(=O)Oc2ccc(N=Nc3ccc(N=Nc4ccc(N=Nc5ccc(OC(=O)c6ccc(OCCCCCCOC(=O)C(=C)C)cc6)c6ccccc56)cc4)cc3)c3ccccc23)cc1. The number of azo groups is 3. The van der Waals surface area contributed by atoms with E-state index in [1.807, 2.05) is 48.5 Å². The lowest BCUT2D eigenvalue weighted by Gasteiger charge is -2.10. The molecule has 0 saturated carbocycles. The summed E-state index contributed by atoms with van der Waals surface area (Å²) in [5.74, 6) is 0.368. The third-order valence-electron chi connectivity index (χ3n) is 12.6. The smallest absolute Gasteiger partial charge is 0.343 e. The molecule has 0 aliphatic carbocycles. The zero-order valence-electron chi connectivity index (χ0n) is 45.8. The zero-order valence-corrected chi connectivity index (χ0v) is 45.8. The van der Waals surface area contributed by atoms with Gasteiger partial charge in [-0.3, -0.25) is 0 Å². The van der Waals surface area contributed by atoms with E-state index >= 15 is 0 Å². The Morgan fingerprint density at radius 3 is 1.01 bits per heavy atom. The molecule has 0 heterocycles. The second-order valence-electron chi connectivity index (χ2n) is 19.1. The van der Waals surface area contributed by atoms with Crippen LogP contribution in [0.1, 0.15) is 85.9 Å². The normalized spacial score (nSPS) is 11.3. The summed E-state index contributed by atoms with van der Waals surface area (Å²) in [4.78, 5) is 49.4. The summed E-state index contributed by atoms with van der Waals surface area (Å²) in [7, 11) is 0. The molecule has 0 aromatic heterocycles. The van der Waals surface area contributed by atoms with Crippen LogP contribution in [0.3, 0.4) is 0 Å².